The molecule has 0 saturated carbocycles. The highest BCUT2D eigenvalue weighted by molar-refractivity contribution is 6.30. The number of nitrogens with zero attached hydrogens (tertiary/aromatic N) is 2. The largest absolute Gasteiger partial charge is 0.332 e. The van der Waals surface area contributed by atoms with Gasteiger partial charge in [-0.05, 0) is 61.2 Å². The lowest BCUT2D eigenvalue weighted by molar-refractivity contribution is 0.0736. The van der Waals surface area contributed by atoms with Gasteiger partial charge in [-0.2, -0.15) is 5.10 Å². The molecule has 1 amide bonds. The van der Waals surface area contributed by atoms with E-state index in [9.17, 15) is 4.79 Å². The normalized spacial score (nSPS) is 16.2. The second-order valence-electron chi connectivity index (χ2n) is 8.31. The summed E-state index contributed by atoms with van der Waals surface area (Å²) in [7, 11) is 0. The van der Waals surface area contributed by atoms with Crippen LogP contribution in [0.2, 0.25) is 5.02 Å². The summed E-state index contributed by atoms with van der Waals surface area (Å²) in [5, 5.41) is 9.34. The number of aromatic amines is 1. The van der Waals surface area contributed by atoms with Gasteiger partial charge in [0, 0.05) is 34.6 Å². The van der Waals surface area contributed by atoms with Crippen LogP contribution in [0.3, 0.4) is 0 Å². The maximum atomic E-state index is 13.4. The second-order valence-corrected chi connectivity index (χ2v) is 8.74. The Morgan fingerprint density at radius 3 is 2.77 bits per heavy atom. The molecule has 1 aliphatic heterocycles. The van der Waals surface area contributed by atoms with Gasteiger partial charge in [0.1, 0.15) is 0 Å². The van der Waals surface area contributed by atoms with E-state index in [1.165, 1.54) is 11.1 Å². The monoisotopic (exact) mass is 429 g/mol. The molecule has 1 atom stereocenters. The predicted molar refractivity (Wildman–Crippen MR) is 125 cm³/mol. The van der Waals surface area contributed by atoms with Crippen molar-refractivity contribution in [3.8, 4) is 0 Å². The van der Waals surface area contributed by atoms with E-state index in [1.807, 2.05) is 47.4 Å². The van der Waals surface area contributed by atoms with E-state index in [1.54, 1.807) is 0 Å². The molecule has 5 rings (SSSR count). The zero-order valence-electron chi connectivity index (χ0n) is 17.4. The van der Waals surface area contributed by atoms with Gasteiger partial charge in [0.2, 0.25) is 0 Å². The molecule has 0 radical (unpaired) electrons. The number of nitrogens with one attached hydrogen (secondary N) is 1. The van der Waals surface area contributed by atoms with E-state index in [2.05, 4.69) is 41.4 Å². The summed E-state index contributed by atoms with van der Waals surface area (Å²) < 4.78 is 0. The van der Waals surface area contributed by atoms with E-state index in [4.69, 9.17) is 11.6 Å². The Hall–Kier alpha value is -3.11. The average Bonchev–Trinajstić information content (AvgIpc) is 3.41. The van der Waals surface area contributed by atoms with Crippen molar-refractivity contribution in [2.24, 2.45) is 0 Å². The quantitative estimate of drug-likeness (QED) is 0.426. The number of benzene rings is 3. The summed E-state index contributed by atoms with van der Waals surface area (Å²) in [6.07, 6.45) is 2.73. The summed E-state index contributed by atoms with van der Waals surface area (Å²) >= 11 is 6.05. The SMILES string of the molecule is Cc1cccc(Cc2[nH]nc3ccc(C(=O)N4CCCC4c4ccc(Cl)cc4)cc23)c1. The van der Waals surface area contributed by atoms with Gasteiger partial charge in [-0.3, -0.25) is 9.89 Å². The summed E-state index contributed by atoms with van der Waals surface area (Å²) in [6.45, 7) is 2.87. The van der Waals surface area contributed by atoms with Crippen LogP contribution in [0.25, 0.3) is 10.9 Å². The molecular weight excluding hydrogens is 406 g/mol. The zero-order chi connectivity index (χ0) is 21.4. The number of fused-ring (bicyclic) bond motifs is 1. The number of hydrogen-bond donors (Lipinski definition) is 1. The molecule has 2 heterocycles. The minimum absolute atomic E-state index is 0.0713. The standard InChI is InChI=1S/C26H24ClN3O/c1-17-4-2-5-18(14-17)15-24-22-16-20(9-12-23(22)28-29-24)26(31)30-13-3-6-25(30)19-7-10-21(27)11-8-19/h2,4-5,7-12,14,16,25H,3,6,13,15H2,1H3,(H,28,29). The van der Waals surface area contributed by atoms with Crippen molar-refractivity contribution >= 4 is 28.4 Å². The number of aryl methyl sites for hydroxylation is 1. The van der Waals surface area contributed by atoms with Gasteiger partial charge in [-0.1, -0.05) is 53.6 Å². The lowest BCUT2D eigenvalue weighted by Crippen LogP contribution is -2.30. The van der Waals surface area contributed by atoms with Crippen LogP contribution < -0.4 is 0 Å². The van der Waals surface area contributed by atoms with E-state index in [0.717, 1.165) is 48.0 Å². The van der Waals surface area contributed by atoms with E-state index >= 15 is 0 Å². The van der Waals surface area contributed by atoms with E-state index < -0.39 is 0 Å². The highest BCUT2D eigenvalue weighted by Gasteiger charge is 2.30. The van der Waals surface area contributed by atoms with Crippen LogP contribution in [-0.2, 0) is 6.42 Å². The third-order valence-corrected chi connectivity index (χ3v) is 6.36. The fourth-order valence-electron chi connectivity index (χ4n) is 4.56. The summed E-state index contributed by atoms with van der Waals surface area (Å²) in [5.41, 5.74) is 6.23. The first kappa shape index (κ1) is 19.8. The van der Waals surface area contributed by atoms with Gasteiger partial charge in [-0.25, -0.2) is 0 Å². The van der Waals surface area contributed by atoms with Crippen LogP contribution in [0, 0.1) is 6.92 Å². The van der Waals surface area contributed by atoms with Gasteiger partial charge < -0.3 is 4.90 Å². The van der Waals surface area contributed by atoms with Crippen molar-refractivity contribution in [1.29, 1.82) is 0 Å². The van der Waals surface area contributed by atoms with Crippen molar-refractivity contribution in [2.75, 3.05) is 6.54 Å². The van der Waals surface area contributed by atoms with Crippen LogP contribution in [0.4, 0.5) is 0 Å². The van der Waals surface area contributed by atoms with Crippen LogP contribution in [-0.4, -0.2) is 27.5 Å². The van der Waals surface area contributed by atoms with Gasteiger partial charge in [0.15, 0.2) is 0 Å². The molecule has 1 fully saturated rings. The number of H-pyrrole nitrogens is 1. The number of rotatable bonds is 4. The van der Waals surface area contributed by atoms with E-state index in [-0.39, 0.29) is 11.9 Å². The molecule has 1 aromatic heterocycles. The van der Waals surface area contributed by atoms with Gasteiger partial charge >= 0.3 is 0 Å². The molecule has 3 aromatic carbocycles. The zero-order valence-corrected chi connectivity index (χ0v) is 18.2. The number of hydrogen-bond acceptors (Lipinski definition) is 2. The molecule has 1 unspecified atom stereocenters. The Bertz CT molecular complexity index is 1250. The maximum Gasteiger partial charge on any atom is 0.254 e. The Morgan fingerprint density at radius 2 is 1.97 bits per heavy atom. The lowest BCUT2D eigenvalue weighted by atomic mass is 10.0. The first-order valence-electron chi connectivity index (χ1n) is 10.7. The average molecular weight is 430 g/mol. The molecule has 1 saturated heterocycles. The second kappa shape index (κ2) is 8.20. The van der Waals surface area contributed by atoms with E-state index in [0.29, 0.717) is 10.6 Å². The van der Waals surface area contributed by atoms with Crippen LogP contribution in [0.5, 0.6) is 0 Å². The highest BCUT2D eigenvalue weighted by atomic mass is 35.5. The maximum absolute atomic E-state index is 13.4. The van der Waals surface area contributed by atoms with Crippen molar-refractivity contribution in [2.45, 2.75) is 32.2 Å². The minimum Gasteiger partial charge on any atom is -0.332 e. The van der Waals surface area contributed by atoms with Crippen molar-refractivity contribution in [3.05, 3.63) is 99.7 Å². The van der Waals surface area contributed by atoms with Crippen molar-refractivity contribution in [3.63, 3.8) is 0 Å². The van der Waals surface area contributed by atoms with Crippen LogP contribution >= 0.6 is 11.6 Å². The summed E-state index contributed by atoms with van der Waals surface area (Å²) in [5.74, 6) is 0.0713. The number of likely N-dealkylation sites (tertiary alicyclic amines) is 1. The molecule has 0 aliphatic carbocycles. The molecule has 4 aromatic rings. The first-order valence-corrected chi connectivity index (χ1v) is 11.1. The lowest BCUT2D eigenvalue weighted by Gasteiger charge is -2.25. The fourth-order valence-corrected chi connectivity index (χ4v) is 4.69. The third kappa shape index (κ3) is 3.96. The molecule has 31 heavy (non-hydrogen) atoms. The van der Waals surface area contributed by atoms with Crippen molar-refractivity contribution < 1.29 is 4.79 Å². The highest BCUT2D eigenvalue weighted by Crippen LogP contribution is 2.34. The molecule has 156 valence electrons. The summed E-state index contributed by atoms with van der Waals surface area (Å²) in [6, 6.07) is 22.2. The molecule has 1 aliphatic rings. The topological polar surface area (TPSA) is 49.0 Å². The number of halogens is 1. The minimum atomic E-state index is 0.0713. The molecule has 5 heteroatoms. The molecule has 0 spiro atoms. The third-order valence-electron chi connectivity index (χ3n) is 6.11. The molecule has 0 bridgehead atoms. The number of carbonyl (C=O) groups is 1. The smallest absolute Gasteiger partial charge is 0.254 e. The first-order chi connectivity index (χ1) is 15.1. The van der Waals surface area contributed by atoms with Gasteiger partial charge in [-0.15, -0.1) is 0 Å². The Labute approximate surface area is 186 Å². The van der Waals surface area contributed by atoms with Gasteiger partial charge in [0.25, 0.3) is 5.91 Å². The predicted octanol–water partition coefficient (Wildman–Crippen LogP) is 6.09. The molecule has 1 N–H and O–H groups in total. The van der Waals surface area contributed by atoms with Crippen LogP contribution in [0.15, 0.2) is 66.7 Å². The summed E-state index contributed by atoms with van der Waals surface area (Å²) in [4.78, 5) is 15.4. The number of aromatic nitrogens is 2. The van der Waals surface area contributed by atoms with Gasteiger partial charge in [0.05, 0.1) is 11.6 Å². The van der Waals surface area contributed by atoms with Crippen molar-refractivity contribution in [1.82, 2.24) is 15.1 Å². The van der Waals surface area contributed by atoms with Crippen LogP contribution in [0.1, 0.15) is 51.6 Å². The number of amides is 1. The Morgan fingerprint density at radius 1 is 1.13 bits per heavy atom. The number of carbonyl (C=O) groups excluding carboxylic acids is 1. The molecular formula is C26H24ClN3O. The molecule has 4 nitrogen and oxygen atoms in total. The fraction of sp³-hybridized carbons (Fsp3) is 0.231. The Balaban J connectivity index is 1.44. The Kier molecular flexibility index (Phi) is 5.24.